The van der Waals surface area contributed by atoms with E-state index in [2.05, 4.69) is 0 Å². The first kappa shape index (κ1) is 19.7. The summed E-state index contributed by atoms with van der Waals surface area (Å²) in [6.45, 7) is 0. The molecule has 0 saturated heterocycles. The topological polar surface area (TPSA) is 154 Å². The lowest BCUT2D eigenvalue weighted by Gasteiger charge is -2.40. The van der Waals surface area contributed by atoms with Crippen LogP contribution in [0.1, 0.15) is 18.4 Å². The molecule has 0 amide bonds. The number of carbonyl (C=O) groups is 2. The third-order valence-electron chi connectivity index (χ3n) is 4.18. The van der Waals surface area contributed by atoms with Crippen molar-refractivity contribution in [1.29, 1.82) is 0 Å². The van der Waals surface area contributed by atoms with Gasteiger partial charge in [0.15, 0.2) is 17.1 Å². The first-order valence-corrected chi connectivity index (χ1v) is 7.73. The van der Waals surface area contributed by atoms with Gasteiger partial charge in [0.25, 0.3) is 0 Å². The van der Waals surface area contributed by atoms with Crippen LogP contribution in [0.4, 0.5) is 0 Å². The van der Waals surface area contributed by atoms with Crippen molar-refractivity contribution < 1.29 is 44.6 Å². The summed E-state index contributed by atoms with van der Waals surface area (Å²) in [5.41, 5.74) is -1.82. The van der Waals surface area contributed by atoms with E-state index in [1.165, 1.54) is 31.4 Å². The minimum absolute atomic E-state index is 0.309. The molecule has 0 heterocycles. The number of carboxylic acid groups (broad SMARTS) is 1. The molecule has 0 radical (unpaired) electrons. The molecule has 0 unspecified atom stereocenters. The number of hydrogen-bond donors (Lipinski definition) is 5. The number of rotatable bonds is 5. The summed E-state index contributed by atoms with van der Waals surface area (Å²) < 4.78 is 10.2. The van der Waals surface area contributed by atoms with Gasteiger partial charge >= 0.3 is 11.9 Å². The van der Waals surface area contributed by atoms with Gasteiger partial charge in [0.05, 0.1) is 6.10 Å². The van der Waals surface area contributed by atoms with Crippen LogP contribution < -0.4 is 0 Å². The highest BCUT2D eigenvalue weighted by Gasteiger charge is 2.51. The molecule has 9 heteroatoms. The number of carbonyl (C=O) groups excluding carboxylic acids is 1. The number of methoxy groups -OCH3 is 1. The number of phenolic OH excluding ortho intramolecular Hbond substituents is 2. The molecule has 9 nitrogen and oxygen atoms in total. The Labute approximate surface area is 148 Å². The Morgan fingerprint density at radius 1 is 1.23 bits per heavy atom. The molecule has 4 atom stereocenters. The number of esters is 1. The van der Waals surface area contributed by atoms with Crippen molar-refractivity contribution in [3.8, 4) is 11.5 Å². The number of benzene rings is 1. The Kier molecular flexibility index (Phi) is 5.86. The number of hydrogen-bond acceptors (Lipinski definition) is 8. The molecule has 0 aromatic heterocycles. The summed E-state index contributed by atoms with van der Waals surface area (Å²) in [5, 5.41) is 47.9. The molecule has 1 aliphatic carbocycles. The Bertz CT molecular complexity index is 714. The molecule has 26 heavy (non-hydrogen) atoms. The lowest BCUT2D eigenvalue weighted by atomic mass is 9.79. The largest absolute Gasteiger partial charge is 0.504 e. The van der Waals surface area contributed by atoms with Crippen molar-refractivity contribution in [2.24, 2.45) is 0 Å². The van der Waals surface area contributed by atoms with Gasteiger partial charge in [-0.1, -0.05) is 6.07 Å². The van der Waals surface area contributed by atoms with Gasteiger partial charge in [-0.15, -0.1) is 0 Å². The monoisotopic (exact) mass is 368 g/mol. The maximum absolute atomic E-state index is 12.0. The predicted molar refractivity (Wildman–Crippen MR) is 87.3 cm³/mol. The van der Waals surface area contributed by atoms with E-state index in [4.69, 9.17) is 14.6 Å². The second-order valence-corrected chi connectivity index (χ2v) is 6.07. The molecule has 1 aromatic rings. The smallest absolute Gasteiger partial charge is 0.335 e. The quantitative estimate of drug-likeness (QED) is 0.275. The number of aromatic hydroxyl groups is 2. The third kappa shape index (κ3) is 4.31. The van der Waals surface area contributed by atoms with E-state index < -0.39 is 48.7 Å². The van der Waals surface area contributed by atoms with Crippen LogP contribution in [0.5, 0.6) is 11.5 Å². The van der Waals surface area contributed by atoms with Crippen molar-refractivity contribution in [3.05, 3.63) is 29.8 Å². The zero-order chi connectivity index (χ0) is 19.5. The summed E-state index contributed by atoms with van der Waals surface area (Å²) in [5.74, 6) is -3.05. The zero-order valence-electron chi connectivity index (χ0n) is 13.9. The third-order valence-corrected chi connectivity index (χ3v) is 4.18. The molecular formula is C17H20O9. The number of aliphatic hydroxyl groups excluding tert-OH is 1. The molecule has 2 rings (SSSR count). The molecule has 1 fully saturated rings. The molecule has 5 N–H and O–H groups in total. The predicted octanol–water partition coefficient (Wildman–Crippen LogP) is 0.00820. The van der Waals surface area contributed by atoms with Gasteiger partial charge in [-0.25, -0.2) is 9.59 Å². The normalized spacial score (nSPS) is 28.8. The maximum atomic E-state index is 12.0. The lowest BCUT2D eigenvalue weighted by Crippen LogP contribution is -2.57. The van der Waals surface area contributed by atoms with E-state index in [0.717, 1.165) is 6.08 Å². The molecule has 0 spiro atoms. The molecular weight excluding hydrogens is 348 g/mol. The zero-order valence-corrected chi connectivity index (χ0v) is 13.9. The van der Waals surface area contributed by atoms with Crippen LogP contribution >= 0.6 is 0 Å². The Morgan fingerprint density at radius 2 is 1.92 bits per heavy atom. The molecule has 1 aromatic carbocycles. The minimum atomic E-state index is -2.23. The van der Waals surface area contributed by atoms with E-state index >= 15 is 0 Å². The van der Waals surface area contributed by atoms with Crippen LogP contribution in [0.3, 0.4) is 0 Å². The Hall–Kier alpha value is -2.62. The number of phenols is 2. The molecule has 1 aliphatic rings. The minimum Gasteiger partial charge on any atom is -0.504 e. The van der Waals surface area contributed by atoms with Crippen LogP contribution in [0.15, 0.2) is 24.3 Å². The van der Waals surface area contributed by atoms with Gasteiger partial charge in [-0.05, 0) is 23.8 Å². The molecule has 0 bridgehead atoms. The van der Waals surface area contributed by atoms with Crippen molar-refractivity contribution >= 4 is 18.0 Å². The first-order valence-electron chi connectivity index (χ1n) is 7.73. The second kappa shape index (κ2) is 7.73. The Balaban J connectivity index is 2.10. The SMILES string of the molecule is CO[C@H]1[C@H](O)C[C@](O)(C(=O)O)C[C@H]1OC(=O)/C=C/c1ccc(O)c(O)c1. The first-order chi connectivity index (χ1) is 12.2. The maximum Gasteiger partial charge on any atom is 0.335 e. The van der Waals surface area contributed by atoms with Crippen molar-refractivity contribution in [3.63, 3.8) is 0 Å². The average molecular weight is 368 g/mol. The Morgan fingerprint density at radius 3 is 2.50 bits per heavy atom. The molecule has 142 valence electrons. The van der Waals surface area contributed by atoms with E-state index in [-0.39, 0.29) is 11.5 Å². The highest BCUT2D eigenvalue weighted by Crippen LogP contribution is 2.33. The van der Waals surface area contributed by atoms with Gasteiger partial charge in [0.2, 0.25) is 0 Å². The fraction of sp³-hybridized carbons (Fsp3) is 0.412. The number of aliphatic hydroxyl groups is 2. The standard InChI is InChI=1S/C17H20O9/c1-25-15-12(20)7-17(24,16(22)23)8-13(15)26-14(21)5-3-9-2-4-10(18)11(19)6-9/h2-6,12-13,15,18-20,24H,7-8H2,1H3,(H,22,23)/b5-3+/t12-,13-,15+,17-/m1/s1. The van der Waals surface area contributed by atoms with Gasteiger partial charge in [0.1, 0.15) is 12.2 Å². The highest BCUT2D eigenvalue weighted by molar-refractivity contribution is 5.87. The van der Waals surface area contributed by atoms with E-state index in [0.29, 0.717) is 5.56 Å². The van der Waals surface area contributed by atoms with E-state index in [9.17, 15) is 30.0 Å². The number of aliphatic carboxylic acids is 1. The van der Waals surface area contributed by atoms with Crippen molar-refractivity contribution in [2.75, 3.05) is 7.11 Å². The summed E-state index contributed by atoms with van der Waals surface area (Å²) in [4.78, 5) is 23.2. The van der Waals surface area contributed by atoms with Crippen LogP contribution in [0, 0.1) is 0 Å². The van der Waals surface area contributed by atoms with Gasteiger partial charge in [0, 0.05) is 26.0 Å². The van der Waals surface area contributed by atoms with Crippen LogP contribution in [0.2, 0.25) is 0 Å². The van der Waals surface area contributed by atoms with Gasteiger partial charge < -0.3 is 35.0 Å². The van der Waals surface area contributed by atoms with Crippen LogP contribution in [0.25, 0.3) is 6.08 Å². The van der Waals surface area contributed by atoms with Crippen molar-refractivity contribution in [2.45, 2.75) is 36.8 Å². The number of ether oxygens (including phenoxy) is 2. The summed E-state index contributed by atoms with van der Waals surface area (Å²) in [7, 11) is 1.27. The van der Waals surface area contributed by atoms with Gasteiger partial charge in [-0.3, -0.25) is 0 Å². The highest BCUT2D eigenvalue weighted by atomic mass is 16.6. The van der Waals surface area contributed by atoms with Crippen molar-refractivity contribution in [1.82, 2.24) is 0 Å². The number of carboxylic acids is 1. The molecule has 0 aliphatic heterocycles. The molecule has 1 saturated carbocycles. The second-order valence-electron chi connectivity index (χ2n) is 6.07. The summed E-state index contributed by atoms with van der Waals surface area (Å²) in [6, 6.07) is 3.92. The van der Waals surface area contributed by atoms with E-state index in [1.54, 1.807) is 0 Å². The lowest BCUT2D eigenvalue weighted by molar-refractivity contribution is -0.200. The van der Waals surface area contributed by atoms with Crippen LogP contribution in [-0.2, 0) is 19.1 Å². The fourth-order valence-corrected chi connectivity index (χ4v) is 2.83. The van der Waals surface area contributed by atoms with E-state index in [1.807, 2.05) is 0 Å². The fourth-order valence-electron chi connectivity index (χ4n) is 2.83. The van der Waals surface area contributed by atoms with Gasteiger partial charge in [-0.2, -0.15) is 0 Å². The average Bonchev–Trinajstić information content (AvgIpc) is 2.55. The van der Waals surface area contributed by atoms with Crippen LogP contribution in [-0.4, -0.2) is 68.5 Å². The summed E-state index contributed by atoms with van der Waals surface area (Å²) in [6.07, 6.45) is -2.02. The summed E-state index contributed by atoms with van der Waals surface area (Å²) >= 11 is 0.